The Labute approximate surface area is 216 Å². The quantitative estimate of drug-likeness (QED) is 0.280. The van der Waals surface area contributed by atoms with Crippen molar-refractivity contribution in [1.82, 2.24) is 15.5 Å². The van der Waals surface area contributed by atoms with E-state index in [0.29, 0.717) is 28.2 Å². The summed E-state index contributed by atoms with van der Waals surface area (Å²) >= 11 is 0. The van der Waals surface area contributed by atoms with E-state index < -0.39 is 11.7 Å². The molecule has 2 N–H and O–H groups in total. The fourth-order valence-electron chi connectivity index (χ4n) is 3.97. The largest absolute Gasteiger partial charge is 0.444 e. The van der Waals surface area contributed by atoms with Gasteiger partial charge in [-0.3, -0.25) is 5.10 Å². The van der Waals surface area contributed by atoms with Crippen LogP contribution in [-0.2, 0) is 11.3 Å². The van der Waals surface area contributed by atoms with Crippen LogP contribution in [0.15, 0.2) is 77.8 Å². The summed E-state index contributed by atoms with van der Waals surface area (Å²) in [5, 5.41) is 10.4. The van der Waals surface area contributed by atoms with Crippen molar-refractivity contribution in [1.29, 1.82) is 0 Å². The van der Waals surface area contributed by atoms with E-state index in [2.05, 4.69) is 15.5 Å². The number of nitrogens with zero attached hydrogens (tertiary/aromatic N) is 2. The van der Waals surface area contributed by atoms with Crippen molar-refractivity contribution in [2.24, 2.45) is 4.99 Å². The van der Waals surface area contributed by atoms with Gasteiger partial charge in [0.15, 0.2) is 0 Å². The lowest BCUT2D eigenvalue weighted by atomic mass is 10.0. The van der Waals surface area contributed by atoms with E-state index in [1.165, 1.54) is 0 Å². The summed E-state index contributed by atoms with van der Waals surface area (Å²) in [6.07, 6.45) is -0.543. The number of aromatic amines is 1. The van der Waals surface area contributed by atoms with Crippen LogP contribution in [0.3, 0.4) is 0 Å². The van der Waals surface area contributed by atoms with Gasteiger partial charge in [-0.05, 0) is 57.9 Å². The number of ether oxygens (including phenoxy) is 1. The third-order valence-corrected chi connectivity index (χ3v) is 5.65. The van der Waals surface area contributed by atoms with E-state index in [1.54, 1.807) is 26.0 Å². The summed E-state index contributed by atoms with van der Waals surface area (Å²) in [5.41, 5.74) is 5.48. The first-order chi connectivity index (χ1) is 17.6. The Morgan fingerprint density at radius 3 is 2.03 bits per heavy atom. The van der Waals surface area contributed by atoms with Crippen molar-refractivity contribution >= 4 is 17.5 Å². The average Bonchev–Trinajstić information content (AvgIpc) is 3.26. The number of carbonyl (C=O) groups excluding carboxylic acids is 1. The summed E-state index contributed by atoms with van der Waals surface area (Å²) < 4.78 is 19.8. The van der Waals surface area contributed by atoms with Crippen LogP contribution in [0.2, 0.25) is 0 Å². The van der Waals surface area contributed by atoms with Crippen molar-refractivity contribution in [3.05, 3.63) is 107 Å². The highest BCUT2D eigenvalue weighted by molar-refractivity contribution is 6.14. The molecule has 7 heteroatoms. The molecular formula is C30H31FN4O2. The molecule has 3 aromatic carbocycles. The van der Waals surface area contributed by atoms with Crippen LogP contribution in [0.5, 0.6) is 0 Å². The molecule has 1 aromatic heterocycles. The Hall–Kier alpha value is -4.26. The number of H-pyrrole nitrogens is 1. The number of halogens is 1. The van der Waals surface area contributed by atoms with Gasteiger partial charge in [0, 0.05) is 16.7 Å². The maximum absolute atomic E-state index is 14.4. The topological polar surface area (TPSA) is 79.4 Å². The Bertz CT molecular complexity index is 1360. The molecule has 0 saturated heterocycles. The zero-order valence-corrected chi connectivity index (χ0v) is 21.7. The number of hydrogen-bond acceptors (Lipinski definition) is 4. The van der Waals surface area contributed by atoms with Gasteiger partial charge in [0.2, 0.25) is 0 Å². The Morgan fingerprint density at radius 2 is 1.51 bits per heavy atom. The number of carbonyl (C=O) groups is 1. The molecule has 0 atom stereocenters. The second-order valence-electron chi connectivity index (χ2n) is 9.87. The normalized spacial score (nSPS) is 11.2. The molecule has 190 valence electrons. The molecule has 0 radical (unpaired) electrons. The van der Waals surface area contributed by atoms with Crippen molar-refractivity contribution in [2.45, 2.75) is 46.8 Å². The first-order valence-electron chi connectivity index (χ1n) is 12.1. The van der Waals surface area contributed by atoms with Crippen molar-refractivity contribution in [3.63, 3.8) is 0 Å². The third kappa shape index (κ3) is 6.30. The monoisotopic (exact) mass is 498 g/mol. The Morgan fingerprint density at radius 1 is 0.973 bits per heavy atom. The number of alkyl carbamates (subject to hydrolysis) is 1. The Kier molecular flexibility index (Phi) is 7.53. The van der Waals surface area contributed by atoms with Crippen LogP contribution in [0.25, 0.3) is 11.3 Å². The minimum absolute atomic E-state index is 0.122. The molecule has 1 amide bonds. The Balaban J connectivity index is 1.86. The predicted molar refractivity (Wildman–Crippen MR) is 145 cm³/mol. The fourth-order valence-corrected chi connectivity index (χ4v) is 3.97. The highest BCUT2D eigenvalue weighted by Gasteiger charge is 2.21. The second-order valence-corrected chi connectivity index (χ2v) is 9.87. The lowest BCUT2D eigenvalue weighted by Crippen LogP contribution is -2.32. The number of amides is 1. The van der Waals surface area contributed by atoms with Crippen molar-refractivity contribution in [3.8, 4) is 11.3 Å². The molecule has 4 aromatic rings. The first kappa shape index (κ1) is 25.8. The molecule has 6 nitrogen and oxygen atoms in total. The number of hydrogen-bond donors (Lipinski definition) is 2. The highest BCUT2D eigenvalue weighted by atomic mass is 19.1. The number of aromatic nitrogens is 2. The SMILES string of the molecule is Cc1cc(-c2n[nH]c(CNC(=O)OC(C)(C)C)c2N=C(c2ccccc2)c2ccccc2)cc(C)c1F. The van der Waals surface area contributed by atoms with E-state index in [9.17, 15) is 9.18 Å². The first-order valence-corrected chi connectivity index (χ1v) is 12.1. The number of aryl methyl sites for hydroxylation is 2. The molecule has 4 rings (SSSR count). The van der Waals surface area contributed by atoms with Crippen LogP contribution < -0.4 is 5.32 Å². The molecule has 0 aliphatic carbocycles. The number of rotatable bonds is 6. The second kappa shape index (κ2) is 10.8. The summed E-state index contributed by atoms with van der Waals surface area (Å²) in [7, 11) is 0. The molecule has 0 fully saturated rings. The van der Waals surface area contributed by atoms with Gasteiger partial charge in [0.25, 0.3) is 0 Å². The molecule has 37 heavy (non-hydrogen) atoms. The minimum atomic E-state index is -0.624. The van der Waals surface area contributed by atoms with Crippen LogP contribution in [-0.4, -0.2) is 27.6 Å². The zero-order valence-electron chi connectivity index (χ0n) is 21.7. The fraction of sp³-hybridized carbons (Fsp3) is 0.233. The number of benzene rings is 3. The highest BCUT2D eigenvalue weighted by Crippen LogP contribution is 2.34. The van der Waals surface area contributed by atoms with E-state index in [0.717, 1.165) is 22.4 Å². The van der Waals surface area contributed by atoms with Gasteiger partial charge >= 0.3 is 6.09 Å². The van der Waals surface area contributed by atoms with E-state index in [-0.39, 0.29) is 12.4 Å². The summed E-state index contributed by atoms with van der Waals surface area (Å²) in [6, 6.07) is 23.2. The molecule has 0 aliphatic heterocycles. The molecule has 0 saturated carbocycles. The van der Waals surface area contributed by atoms with Crippen LogP contribution in [0, 0.1) is 19.7 Å². The maximum Gasteiger partial charge on any atom is 0.407 e. The molecule has 0 bridgehead atoms. The van der Waals surface area contributed by atoms with Crippen LogP contribution >= 0.6 is 0 Å². The van der Waals surface area contributed by atoms with E-state index in [1.807, 2.05) is 81.4 Å². The predicted octanol–water partition coefficient (Wildman–Crippen LogP) is 7.03. The lowest BCUT2D eigenvalue weighted by Gasteiger charge is -2.19. The van der Waals surface area contributed by atoms with Crippen LogP contribution in [0.1, 0.15) is 48.7 Å². The summed E-state index contributed by atoms with van der Waals surface area (Å²) in [5.74, 6) is -0.245. The maximum atomic E-state index is 14.4. The molecule has 1 heterocycles. The van der Waals surface area contributed by atoms with E-state index >= 15 is 0 Å². The van der Waals surface area contributed by atoms with Crippen molar-refractivity contribution < 1.29 is 13.9 Å². The number of aliphatic imine (C=N–C) groups is 1. The van der Waals surface area contributed by atoms with Crippen molar-refractivity contribution in [2.75, 3.05) is 0 Å². The molecule has 0 unspecified atom stereocenters. The average molecular weight is 499 g/mol. The van der Waals surface area contributed by atoms with Crippen LogP contribution in [0.4, 0.5) is 14.9 Å². The van der Waals surface area contributed by atoms with E-state index in [4.69, 9.17) is 9.73 Å². The van der Waals surface area contributed by atoms with Gasteiger partial charge < -0.3 is 10.1 Å². The molecule has 0 aliphatic rings. The molecular weight excluding hydrogens is 467 g/mol. The van der Waals surface area contributed by atoms with Gasteiger partial charge in [-0.1, -0.05) is 60.7 Å². The van der Waals surface area contributed by atoms with Gasteiger partial charge in [-0.15, -0.1) is 0 Å². The smallest absolute Gasteiger partial charge is 0.407 e. The molecule has 0 spiro atoms. The number of nitrogens with one attached hydrogen (secondary N) is 2. The third-order valence-electron chi connectivity index (χ3n) is 5.65. The van der Waals surface area contributed by atoms with Gasteiger partial charge in [-0.25, -0.2) is 14.2 Å². The summed E-state index contributed by atoms with van der Waals surface area (Å²) in [4.78, 5) is 17.5. The lowest BCUT2D eigenvalue weighted by molar-refractivity contribution is 0.0523. The zero-order chi connectivity index (χ0) is 26.6. The van der Waals surface area contributed by atoms with Gasteiger partial charge in [-0.2, -0.15) is 5.10 Å². The summed E-state index contributed by atoms with van der Waals surface area (Å²) in [6.45, 7) is 9.00. The van der Waals surface area contributed by atoms with Gasteiger partial charge in [0.05, 0.1) is 18.0 Å². The van der Waals surface area contributed by atoms with Gasteiger partial charge in [0.1, 0.15) is 22.8 Å². The minimum Gasteiger partial charge on any atom is -0.444 e. The standard InChI is InChI=1S/C30H31FN4O2/c1-19-16-23(17-20(2)25(19)31)27-28(24(34-35-27)18-32-29(36)37-30(3,4)5)33-26(21-12-8-6-9-13-21)22-14-10-7-11-15-22/h6-17H,18H2,1-5H3,(H,32,36)(H,34,35).